The molecule has 0 aliphatic carbocycles. The van der Waals surface area contributed by atoms with Crippen LogP contribution in [0.25, 0.3) is 0 Å². The highest BCUT2D eigenvalue weighted by Crippen LogP contribution is 2.21. The maximum absolute atomic E-state index is 13.6. The molecule has 6 heteroatoms. The Hall–Kier alpha value is -2.47. The second kappa shape index (κ2) is 7.40. The van der Waals surface area contributed by atoms with Crippen molar-refractivity contribution in [3.63, 3.8) is 0 Å². The zero-order chi connectivity index (χ0) is 16.9. The minimum Gasteiger partial charge on any atom is -0.491 e. The molecule has 2 aromatic rings. The third-order valence-electron chi connectivity index (χ3n) is 3.73. The molecule has 1 aliphatic heterocycles. The van der Waals surface area contributed by atoms with E-state index in [1.165, 1.54) is 0 Å². The molecular formula is C18H17F2NO3. The summed E-state index contributed by atoms with van der Waals surface area (Å²) in [5.74, 6) is -1.70. The van der Waals surface area contributed by atoms with Crippen molar-refractivity contribution in [3.05, 3.63) is 59.7 Å². The Morgan fingerprint density at radius 3 is 2.88 bits per heavy atom. The standard InChI is InChI=1S/C18H17F2NO3/c19-12-6-7-16(17(20)9-12)18(22)21-13-3-1-4-14(10-13)24-11-15-5-2-8-23-15/h1,3-4,6-7,9-10,15H,2,5,8,11H2,(H,21,22)/t15-/m1/s1. The Morgan fingerprint density at radius 1 is 1.25 bits per heavy atom. The van der Waals surface area contributed by atoms with Gasteiger partial charge in [0.15, 0.2) is 0 Å². The summed E-state index contributed by atoms with van der Waals surface area (Å²) < 4.78 is 37.7. The average molecular weight is 333 g/mol. The highest BCUT2D eigenvalue weighted by molar-refractivity contribution is 6.04. The number of ether oxygens (including phenoxy) is 2. The molecule has 3 rings (SSSR count). The normalized spacial score (nSPS) is 16.8. The van der Waals surface area contributed by atoms with Gasteiger partial charge in [0.25, 0.3) is 5.91 Å². The summed E-state index contributed by atoms with van der Waals surface area (Å²) >= 11 is 0. The van der Waals surface area contributed by atoms with Gasteiger partial charge in [0.05, 0.1) is 11.7 Å². The summed E-state index contributed by atoms with van der Waals surface area (Å²) in [6.07, 6.45) is 2.10. The molecule has 0 spiro atoms. The second-order valence-electron chi connectivity index (χ2n) is 5.55. The number of nitrogens with one attached hydrogen (secondary N) is 1. The molecule has 4 nitrogen and oxygen atoms in total. The first kappa shape index (κ1) is 16.4. The minimum atomic E-state index is -0.904. The van der Waals surface area contributed by atoms with Crippen LogP contribution in [0.5, 0.6) is 5.75 Å². The molecule has 0 radical (unpaired) electrons. The van der Waals surface area contributed by atoms with Gasteiger partial charge in [0.2, 0.25) is 0 Å². The molecule has 1 fully saturated rings. The number of hydrogen-bond donors (Lipinski definition) is 1. The van der Waals surface area contributed by atoms with E-state index in [2.05, 4.69) is 5.32 Å². The van der Waals surface area contributed by atoms with Crippen molar-refractivity contribution in [3.8, 4) is 5.75 Å². The molecule has 1 atom stereocenters. The van der Waals surface area contributed by atoms with Crippen molar-refractivity contribution in [2.45, 2.75) is 18.9 Å². The molecular weight excluding hydrogens is 316 g/mol. The molecule has 126 valence electrons. The van der Waals surface area contributed by atoms with Crippen molar-refractivity contribution >= 4 is 11.6 Å². The molecule has 1 amide bonds. The van der Waals surface area contributed by atoms with Gasteiger partial charge in [-0.3, -0.25) is 4.79 Å². The van der Waals surface area contributed by atoms with Crippen LogP contribution in [0.1, 0.15) is 23.2 Å². The zero-order valence-electron chi connectivity index (χ0n) is 12.9. The van der Waals surface area contributed by atoms with Gasteiger partial charge < -0.3 is 14.8 Å². The molecule has 1 saturated heterocycles. The van der Waals surface area contributed by atoms with Crippen molar-refractivity contribution in [1.29, 1.82) is 0 Å². The Bertz CT molecular complexity index is 730. The van der Waals surface area contributed by atoms with E-state index in [1.54, 1.807) is 24.3 Å². The van der Waals surface area contributed by atoms with Crippen molar-refractivity contribution in [2.75, 3.05) is 18.5 Å². The minimum absolute atomic E-state index is 0.0940. The predicted molar refractivity (Wildman–Crippen MR) is 85.2 cm³/mol. The summed E-state index contributed by atoms with van der Waals surface area (Å²) in [4.78, 5) is 12.1. The molecule has 0 bridgehead atoms. The predicted octanol–water partition coefficient (Wildman–Crippen LogP) is 3.77. The van der Waals surface area contributed by atoms with E-state index in [4.69, 9.17) is 9.47 Å². The number of carbonyl (C=O) groups is 1. The van der Waals surface area contributed by atoms with Crippen LogP contribution in [-0.2, 0) is 4.74 Å². The lowest BCUT2D eigenvalue weighted by molar-refractivity contribution is 0.0680. The second-order valence-corrected chi connectivity index (χ2v) is 5.55. The zero-order valence-corrected chi connectivity index (χ0v) is 12.9. The average Bonchev–Trinajstić information content (AvgIpc) is 3.06. The number of amides is 1. The lowest BCUT2D eigenvalue weighted by atomic mass is 10.2. The van der Waals surface area contributed by atoms with Crippen LogP contribution < -0.4 is 10.1 Å². The van der Waals surface area contributed by atoms with Crippen LogP contribution in [0.2, 0.25) is 0 Å². The molecule has 1 N–H and O–H groups in total. The first-order chi connectivity index (χ1) is 11.6. The maximum Gasteiger partial charge on any atom is 0.258 e. The number of rotatable bonds is 5. The van der Waals surface area contributed by atoms with E-state index >= 15 is 0 Å². The van der Waals surface area contributed by atoms with Gasteiger partial charge in [-0.05, 0) is 37.1 Å². The molecule has 0 saturated carbocycles. The van der Waals surface area contributed by atoms with Crippen LogP contribution >= 0.6 is 0 Å². The third-order valence-corrected chi connectivity index (χ3v) is 3.73. The van der Waals surface area contributed by atoms with Crippen LogP contribution in [0.3, 0.4) is 0 Å². The lowest BCUT2D eigenvalue weighted by Gasteiger charge is -2.12. The molecule has 2 aromatic carbocycles. The van der Waals surface area contributed by atoms with Gasteiger partial charge in [0, 0.05) is 24.4 Å². The number of benzene rings is 2. The highest BCUT2D eigenvalue weighted by atomic mass is 19.1. The van der Waals surface area contributed by atoms with Crippen molar-refractivity contribution in [1.82, 2.24) is 0 Å². The SMILES string of the molecule is O=C(Nc1cccc(OC[C@H]2CCCO2)c1)c1ccc(F)cc1F. The molecule has 1 aliphatic rings. The quantitative estimate of drug-likeness (QED) is 0.906. The van der Waals surface area contributed by atoms with E-state index in [9.17, 15) is 13.6 Å². The monoisotopic (exact) mass is 333 g/mol. The molecule has 0 aromatic heterocycles. The summed E-state index contributed by atoms with van der Waals surface area (Å²) in [7, 11) is 0. The largest absolute Gasteiger partial charge is 0.491 e. The number of hydrogen-bond acceptors (Lipinski definition) is 3. The van der Waals surface area contributed by atoms with Crippen LogP contribution in [0, 0.1) is 11.6 Å². The van der Waals surface area contributed by atoms with Crippen LogP contribution in [0.4, 0.5) is 14.5 Å². The van der Waals surface area contributed by atoms with E-state index < -0.39 is 17.5 Å². The van der Waals surface area contributed by atoms with Crippen molar-refractivity contribution in [2.24, 2.45) is 0 Å². The van der Waals surface area contributed by atoms with E-state index in [1.807, 2.05) is 0 Å². The van der Waals surface area contributed by atoms with E-state index in [-0.39, 0.29) is 11.7 Å². The van der Waals surface area contributed by atoms with Crippen LogP contribution in [-0.4, -0.2) is 25.2 Å². The fraction of sp³-hybridized carbons (Fsp3) is 0.278. The van der Waals surface area contributed by atoms with Gasteiger partial charge in [-0.1, -0.05) is 6.07 Å². The van der Waals surface area contributed by atoms with Gasteiger partial charge in [-0.15, -0.1) is 0 Å². The summed E-state index contributed by atoms with van der Waals surface area (Å²) in [6, 6.07) is 9.63. The number of carbonyl (C=O) groups excluding carboxylic acids is 1. The maximum atomic E-state index is 13.6. The Balaban J connectivity index is 1.64. The fourth-order valence-corrected chi connectivity index (χ4v) is 2.50. The number of halogens is 2. The lowest BCUT2D eigenvalue weighted by Crippen LogP contribution is -2.16. The Morgan fingerprint density at radius 2 is 2.12 bits per heavy atom. The highest BCUT2D eigenvalue weighted by Gasteiger charge is 2.16. The number of anilines is 1. The van der Waals surface area contributed by atoms with E-state index in [0.717, 1.165) is 31.6 Å². The van der Waals surface area contributed by atoms with Gasteiger partial charge in [0.1, 0.15) is 24.0 Å². The molecule has 1 heterocycles. The van der Waals surface area contributed by atoms with E-state index in [0.29, 0.717) is 24.1 Å². The Kier molecular flexibility index (Phi) is 5.05. The molecule has 24 heavy (non-hydrogen) atoms. The van der Waals surface area contributed by atoms with Gasteiger partial charge >= 0.3 is 0 Å². The van der Waals surface area contributed by atoms with Gasteiger partial charge in [-0.2, -0.15) is 0 Å². The Labute approximate surface area is 138 Å². The summed E-state index contributed by atoms with van der Waals surface area (Å²) in [5.41, 5.74) is 0.246. The first-order valence-corrected chi connectivity index (χ1v) is 7.73. The fourth-order valence-electron chi connectivity index (χ4n) is 2.50. The topological polar surface area (TPSA) is 47.6 Å². The van der Waals surface area contributed by atoms with Gasteiger partial charge in [-0.25, -0.2) is 8.78 Å². The van der Waals surface area contributed by atoms with Crippen LogP contribution in [0.15, 0.2) is 42.5 Å². The first-order valence-electron chi connectivity index (χ1n) is 7.73. The molecule has 0 unspecified atom stereocenters. The summed E-state index contributed by atoms with van der Waals surface area (Å²) in [6.45, 7) is 1.21. The smallest absolute Gasteiger partial charge is 0.258 e. The summed E-state index contributed by atoms with van der Waals surface area (Å²) in [5, 5.41) is 2.57. The van der Waals surface area contributed by atoms with Crippen molar-refractivity contribution < 1.29 is 23.0 Å². The third kappa shape index (κ3) is 4.08.